The number of nitrogen functional groups attached to an aromatic ring is 1. The Hall–Kier alpha value is -0.760. The van der Waals surface area contributed by atoms with Gasteiger partial charge in [-0.15, -0.1) is 0 Å². The number of benzene rings is 1. The Morgan fingerprint density at radius 1 is 1.36 bits per heavy atom. The standard InChI is InChI=1S/C9H8BrN/c10-8-3-6-1-2-9(11)5-7(6)4-8/h1-2,4-5H,3,11H2. The van der Waals surface area contributed by atoms with Crippen LogP contribution in [0, 0.1) is 0 Å². The Balaban J connectivity index is 2.54. The highest BCUT2D eigenvalue weighted by Gasteiger charge is 2.09. The van der Waals surface area contributed by atoms with Crippen molar-refractivity contribution in [1.29, 1.82) is 0 Å². The van der Waals surface area contributed by atoms with Crippen molar-refractivity contribution in [2.24, 2.45) is 0 Å². The number of hydrogen-bond donors (Lipinski definition) is 1. The molecular formula is C9H8BrN. The van der Waals surface area contributed by atoms with Gasteiger partial charge in [-0.05, 0) is 29.3 Å². The molecule has 2 N–H and O–H groups in total. The predicted octanol–water partition coefficient (Wildman–Crippen LogP) is 2.56. The third-order valence-corrected chi connectivity index (χ3v) is 2.35. The first kappa shape index (κ1) is 6.92. The SMILES string of the molecule is Nc1ccc2c(c1)C=C(Br)C2. The number of nitrogens with two attached hydrogens (primary N) is 1. The fourth-order valence-electron chi connectivity index (χ4n) is 1.31. The molecular weight excluding hydrogens is 202 g/mol. The van der Waals surface area contributed by atoms with E-state index in [4.69, 9.17) is 5.73 Å². The zero-order valence-corrected chi connectivity index (χ0v) is 7.56. The molecule has 0 atom stereocenters. The van der Waals surface area contributed by atoms with Gasteiger partial charge in [-0.2, -0.15) is 0 Å². The zero-order chi connectivity index (χ0) is 7.84. The van der Waals surface area contributed by atoms with Crippen LogP contribution in [0.4, 0.5) is 5.69 Å². The van der Waals surface area contributed by atoms with Crippen molar-refractivity contribution >= 4 is 27.7 Å². The maximum atomic E-state index is 5.63. The first-order valence-corrected chi connectivity index (χ1v) is 4.29. The highest BCUT2D eigenvalue weighted by atomic mass is 79.9. The molecule has 11 heavy (non-hydrogen) atoms. The Bertz CT molecular complexity index is 328. The van der Waals surface area contributed by atoms with Crippen molar-refractivity contribution in [3.8, 4) is 0 Å². The van der Waals surface area contributed by atoms with Crippen molar-refractivity contribution in [2.45, 2.75) is 6.42 Å². The third kappa shape index (κ3) is 1.18. The maximum Gasteiger partial charge on any atom is 0.0320 e. The number of fused-ring (bicyclic) bond motifs is 1. The summed E-state index contributed by atoms with van der Waals surface area (Å²) in [5.74, 6) is 0. The lowest BCUT2D eigenvalue weighted by molar-refractivity contribution is 1.30. The molecule has 0 amide bonds. The predicted molar refractivity (Wildman–Crippen MR) is 51.5 cm³/mol. The van der Waals surface area contributed by atoms with Crippen molar-refractivity contribution in [3.05, 3.63) is 33.8 Å². The van der Waals surface area contributed by atoms with Crippen LogP contribution < -0.4 is 5.73 Å². The van der Waals surface area contributed by atoms with Gasteiger partial charge in [-0.1, -0.05) is 22.0 Å². The normalized spacial score (nSPS) is 14.5. The van der Waals surface area contributed by atoms with Crippen molar-refractivity contribution in [3.63, 3.8) is 0 Å². The molecule has 0 aliphatic heterocycles. The smallest absolute Gasteiger partial charge is 0.0320 e. The highest BCUT2D eigenvalue weighted by Crippen LogP contribution is 2.29. The topological polar surface area (TPSA) is 26.0 Å². The Labute approximate surface area is 74.0 Å². The Morgan fingerprint density at radius 3 is 3.00 bits per heavy atom. The summed E-state index contributed by atoms with van der Waals surface area (Å²) in [5.41, 5.74) is 9.07. The molecule has 0 aromatic heterocycles. The molecule has 0 bridgehead atoms. The number of anilines is 1. The molecule has 1 aromatic rings. The van der Waals surface area contributed by atoms with Gasteiger partial charge in [0.2, 0.25) is 0 Å². The van der Waals surface area contributed by atoms with Gasteiger partial charge in [0.15, 0.2) is 0 Å². The summed E-state index contributed by atoms with van der Waals surface area (Å²) in [6, 6.07) is 6.03. The molecule has 2 heteroatoms. The van der Waals surface area contributed by atoms with Gasteiger partial charge in [0, 0.05) is 16.6 Å². The summed E-state index contributed by atoms with van der Waals surface area (Å²) in [6.45, 7) is 0. The molecule has 1 aromatic carbocycles. The molecule has 0 saturated carbocycles. The summed E-state index contributed by atoms with van der Waals surface area (Å²) in [4.78, 5) is 0. The molecule has 56 valence electrons. The van der Waals surface area contributed by atoms with Crippen LogP contribution in [-0.2, 0) is 6.42 Å². The van der Waals surface area contributed by atoms with Crippen LogP contribution in [-0.4, -0.2) is 0 Å². The number of rotatable bonds is 0. The van der Waals surface area contributed by atoms with Crippen LogP contribution in [0.2, 0.25) is 0 Å². The minimum absolute atomic E-state index is 0.835. The average Bonchev–Trinajstić information content (AvgIpc) is 2.27. The van der Waals surface area contributed by atoms with E-state index in [9.17, 15) is 0 Å². The number of allylic oxidation sites excluding steroid dienone is 1. The van der Waals surface area contributed by atoms with Crippen LogP contribution in [0.3, 0.4) is 0 Å². The number of hydrogen-bond acceptors (Lipinski definition) is 1. The zero-order valence-electron chi connectivity index (χ0n) is 5.97. The Morgan fingerprint density at radius 2 is 2.18 bits per heavy atom. The first-order valence-electron chi connectivity index (χ1n) is 3.50. The van der Waals surface area contributed by atoms with E-state index in [0.29, 0.717) is 0 Å². The molecule has 1 nitrogen and oxygen atoms in total. The second-order valence-corrected chi connectivity index (χ2v) is 3.74. The van der Waals surface area contributed by atoms with E-state index in [-0.39, 0.29) is 0 Å². The fourth-order valence-corrected chi connectivity index (χ4v) is 1.86. The first-order chi connectivity index (χ1) is 5.25. The van der Waals surface area contributed by atoms with Crippen LogP contribution in [0.5, 0.6) is 0 Å². The molecule has 0 spiro atoms. The van der Waals surface area contributed by atoms with Gasteiger partial charge < -0.3 is 5.73 Å². The van der Waals surface area contributed by atoms with Crippen molar-refractivity contribution in [2.75, 3.05) is 5.73 Å². The summed E-state index contributed by atoms with van der Waals surface area (Å²) < 4.78 is 1.23. The minimum Gasteiger partial charge on any atom is -0.399 e. The lowest BCUT2D eigenvalue weighted by atomic mass is 10.1. The van der Waals surface area contributed by atoms with E-state index < -0.39 is 0 Å². The number of halogens is 1. The summed E-state index contributed by atoms with van der Waals surface area (Å²) >= 11 is 3.46. The Kier molecular flexibility index (Phi) is 1.50. The molecule has 0 radical (unpaired) electrons. The van der Waals surface area contributed by atoms with Crippen LogP contribution >= 0.6 is 15.9 Å². The maximum absolute atomic E-state index is 5.63. The average molecular weight is 210 g/mol. The van der Waals surface area contributed by atoms with Gasteiger partial charge in [-0.3, -0.25) is 0 Å². The van der Waals surface area contributed by atoms with E-state index in [1.54, 1.807) is 0 Å². The molecule has 0 heterocycles. The van der Waals surface area contributed by atoms with Gasteiger partial charge in [0.1, 0.15) is 0 Å². The molecule has 0 unspecified atom stereocenters. The van der Waals surface area contributed by atoms with Crippen LogP contribution in [0.25, 0.3) is 6.08 Å². The molecule has 2 rings (SSSR count). The second-order valence-electron chi connectivity index (χ2n) is 2.73. The molecule has 0 saturated heterocycles. The van der Waals surface area contributed by atoms with E-state index in [1.807, 2.05) is 12.1 Å². The minimum atomic E-state index is 0.835. The largest absolute Gasteiger partial charge is 0.399 e. The third-order valence-electron chi connectivity index (χ3n) is 1.84. The fraction of sp³-hybridized carbons (Fsp3) is 0.111. The van der Waals surface area contributed by atoms with Gasteiger partial charge >= 0.3 is 0 Å². The van der Waals surface area contributed by atoms with Crippen molar-refractivity contribution < 1.29 is 0 Å². The van der Waals surface area contributed by atoms with Crippen molar-refractivity contribution in [1.82, 2.24) is 0 Å². The summed E-state index contributed by atoms with van der Waals surface area (Å²) in [5, 5.41) is 0. The molecule has 1 aliphatic rings. The summed E-state index contributed by atoms with van der Waals surface area (Å²) in [7, 11) is 0. The van der Waals surface area contributed by atoms with Crippen LogP contribution in [0.1, 0.15) is 11.1 Å². The van der Waals surface area contributed by atoms with E-state index in [0.717, 1.165) is 12.1 Å². The van der Waals surface area contributed by atoms with E-state index in [2.05, 4.69) is 28.1 Å². The van der Waals surface area contributed by atoms with Crippen LogP contribution in [0.15, 0.2) is 22.7 Å². The summed E-state index contributed by atoms with van der Waals surface area (Å²) in [6.07, 6.45) is 3.13. The monoisotopic (exact) mass is 209 g/mol. The van der Waals surface area contributed by atoms with Gasteiger partial charge in [-0.25, -0.2) is 0 Å². The van der Waals surface area contributed by atoms with E-state index >= 15 is 0 Å². The highest BCUT2D eigenvalue weighted by molar-refractivity contribution is 9.11. The quantitative estimate of drug-likeness (QED) is 0.654. The van der Waals surface area contributed by atoms with E-state index in [1.165, 1.54) is 15.6 Å². The second kappa shape index (κ2) is 2.38. The molecule has 1 aliphatic carbocycles. The van der Waals surface area contributed by atoms with Gasteiger partial charge in [0.05, 0.1) is 0 Å². The lowest BCUT2D eigenvalue weighted by Gasteiger charge is -1.98. The lowest BCUT2D eigenvalue weighted by Crippen LogP contribution is -1.87. The van der Waals surface area contributed by atoms with Gasteiger partial charge in [0.25, 0.3) is 0 Å². The molecule has 0 fully saturated rings.